The second-order valence-electron chi connectivity index (χ2n) is 11.0. The van der Waals surface area contributed by atoms with Crippen molar-refractivity contribution in [1.29, 1.82) is 0 Å². The van der Waals surface area contributed by atoms with Gasteiger partial charge in [0.2, 0.25) is 5.91 Å². The fraction of sp³-hybridized carbons (Fsp3) is 0.633. The quantitative estimate of drug-likeness (QED) is 0.263. The molecule has 0 aromatic heterocycles. The zero-order valence-corrected chi connectivity index (χ0v) is 24.2. The first-order valence-corrected chi connectivity index (χ1v) is 15.2. The van der Waals surface area contributed by atoms with Crippen LogP contribution >= 0.6 is 11.8 Å². The number of aliphatic hydroxyl groups is 1. The van der Waals surface area contributed by atoms with Crippen LogP contribution in [0.3, 0.4) is 0 Å². The Labute approximate surface area is 236 Å². The summed E-state index contributed by atoms with van der Waals surface area (Å²) in [5, 5.41) is 19.1. The van der Waals surface area contributed by atoms with E-state index in [2.05, 4.69) is 32.3 Å². The smallest absolute Gasteiger partial charge is 0.308 e. The van der Waals surface area contributed by atoms with Gasteiger partial charge in [-0.3, -0.25) is 14.4 Å². The summed E-state index contributed by atoms with van der Waals surface area (Å²) in [5.41, 5.74) is 1.82. The van der Waals surface area contributed by atoms with E-state index in [4.69, 9.17) is 5.11 Å². The number of amides is 2. The van der Waals surface area contributed by atoms with Crippen LogP contribution in [0.5, 0.6) is 0 Å². The van der Waals surface area contributed by atoms with Gasteiger partial charge < -0.3 is 24.9 Å². The van der Waals surface area contributed by atoms with Gasteiger partial charge in [0.25, 0.3) is 5.91 Å². The summed E-state index contributed by atoms with van der Waals surface area (Å²) in [6.45, 7) is 12.8. The normalized spacial score (nSPS) is 29.0. The minimum absolute atomic E-state index is 0.0426. The Morgan fingerprint density at radius 3 is 2.36 bits per heavy atom. The zero-order valence-electron chi connectivity index (χ0n) is 23.4. The number of anilines is 2. The largest absolute Gasteiger partial charge is 0.481 e. The number of benzene rings is 1. The lowest BCUT2D eigenvalue weighted by Gasteiger charge is -2.40. The molecule has 3 saturated heterocycles. The third kappa shape index (κ3) is 5.08. The van der Waals surface area contributed by atoms with E-state index in [1.165, 1.54) is 0 Å². The molecule has 1 aromatic carbocycles. The van der Waals surface area contributed by atoms with Crippen molar-refractivity contribution in [2.45, 2.75) is 68.9 Å². The lowest BCUT2D eigenvalue weighted by Crippen LogP contribution is -2.57. The fourth-order valence-electron chi connectivity index (χ4n) is 7.10. The molecule has 39 heavy (non-hydrogen) atoms. The number of nitrogens with zero attached hydrogens (tertiary/aromatic N) is 3. The molecule has 3 fully saturated rings. The van der Waals surface area contributed by atoms with Gasteiger partial charge in [-0.1, -0.05) is 25.8 Å². The number of aliphatic hydroxyl groups excluding tert-OH is 1. The summed E-state index contributed by atoms with van der Waals surface area (Å²) >= 11 is 1.57. The molecule has 8 nitrogen and oxygen atoms in total. The molecule has 0 saturated carbocycles. The van der Waals surface area contributed by atoms with E-state index < -0.39 is 28.6 Å². The summed E-state index contributed by atoms with van der Waals surface area (Å²) in [4.78, 5) is 46.6. The van der Waals surface area contributed by atoms with Gasteiger partial charge >= 0.3 is 5.97 Å². The van der Waals surface area contributed by atoms with Crippen molar-refractivity contribution < 1.29 is 24.6 Å². The molecular formula is C30H43N3O5S. The van der Waals surface area contributed by atoms with Gasteiger partial charge in [-0.05, 0) is 63.3 Å². The van der Waals surface area contributed by atoms with E-state index in [0.717, 1.165) is 37.3 Å². The molecule has 3 unspecified atom stereocenters. The Balaban J connectivity index is 1.71. The summed E-state index contributed by atoms with van der Waals surface area (Å²) < 4.78 is -0.756. The second-order valence-corrected chi connectivity index (χ2v) is 12.5. The van der Waals surface area contributed by atoms with Gasteiger partial charge in [0.1, 0.15) is 6.04 Å². The van der Waals surface area contributed by atoms with Gasteiger partial charge in [0, 0.05) is 49.4 Å². The standard InChI is InChI=1S/C30H43N3O5S/c1-5-16-32(22-14-12-21(13-15-22)31(6-2)7-3)28(36)26-30-20(4)19-23(39-30)24(29(37)38)25(30)27(35)33(26)17-10-8-9-11-18-34/h5,12-15,20,23-26,34H,1,6-11,16-19H2,2-4H3,(H,37,38)/t20?,23-,24+,25+,26?,30?/m1/s1. The van der Waals surface area contributed by atoms with E-state index in [1.54, 1.807) is 27.6 Å². The van der Waals surface area contributed by atoms with E-state index in [-0.39, 0.29) is 29.6 Å². The Morgan fingerprint density at radius 1 is 1.13 bits per heavy atom. The Hall–Kier alpha value is -2.52. The number of carboxylic acids is 1. The van der Waals surface area contributed by atoms with Gasteiger partial charge in [-0.2, -0.15) is 0 Å². The lowest BCUT2D eigenvalue weighted by atomic mass is 9.66. The van der Waals surface area contributed by atoms with Gasteiger partial charge in [-0.25, -0.2) is 0 Å². The second kappa shape index (κ2) is 12.3. The number of carbonyl (C=O) groups excluding carboxylic acids is 2. The molecule has 2 N–H and O–H groups in total. The number of hydrogen-bond acceptors (Lipinski definition) is 6. The number of rotatable bonds is 14. The van der Waals surface area contributed by atoms with Crippen LogP contribution in [0.15, 0.2) is 36.9 Å². The highest BCUT2D eigenvalue weighted by Crippen LogP contribution is 2.68. The lowest BCUT2D eigenvalue weighted by molar-refractivity contribution is -0.149. The first-order chi connectivity index (χ1) is 18.8. The highest BCUT2D eigenvalue weighted by molar-refractivity contribution is 8.02. The van der Waals surface area contributed by atoms with Gasteiger partial charge in [0.15, 0.2) is 0 Å². The average Bonchev–Trinajstić information content (AvgIpc) is 3.51. The Morgan fingerprint density at radius 2 is 1.77 bits per heavy atom. The van der Waals surface area contributed by atoms with Crippen LogP contribution in [-0.4, -0.2) is 81.7 Å². The SMILES string of the molecule is C=CCN(C(=O)C1N(CCCCCCO)C(=O)[C@@H]2[C@@H](C(=O)O)[C@H]3CC(C)C12S3)c1ccc(N(CC)CC)cc1. The number of fused-ring (bicyclic) bond motifs is 1. The Kier molecular flexibility index (Phi) is 9.32. The van der Waals surface area contributed by atoms with E-state index in [1.807, 2.05) is 24.3 Å². The maximum absolute atomic E-state index is 14.6. The van der Waals surface area contributed by atoms with Crippen LogP contribution in [0.25, 0.3) is 0 Å². The zero-order chi connectivity index (χ0) is 28.3. The molecule has 3 aliphatic rings. The van der Waals surface area contributed by atoms with Crippen molar-refractivity contribution >= 4 is 40.9 Å². The van der Waals surface area contributed by atoms with Crippen LogP contribution < -0.4 is 9.80 Å². The van der Waals surface area contributed by atoms with Crippen molar-refractivity contribution in [2.75, 3.05) is 42.6 Å². The number of unbranched alkanes of at least 4 members (excludes halogenated alkanes) is 3. The number of hydrogen-bond donors (Lipinski definition) is 2. The van der Waals surface area contributed by atoms with Crippen molar-refractivity contribution in [3.05, 3.63) is 36.9 Å². The third-order valence-electron chi connectivity index (χ3n) is 8.94. The fourth-order valence-corrected chi connectivity index (χ4v) is 9.51. The van der Waals surface area contributed by atoms with E-state index in [9.17, 15) is 19.5 Å². The maximum atomic E-state index is 14.6. The van der Waals surface area contributed by atoms with Gasteiger partial charge in [-0.15, -0.1) is 18.3 Å². The maximum Gasteiger partial charge on any atom is 0.308 e. The molecule has 0 aliphatic carbocycles. The molecule has 1 aromatic rings. The molecule has 2 bridgehead atoms. The van der Waals surface area contributed by atoms with Crippen LogP contribution in [-0.2, 0) is 14.4 Å². The highest BCUT2D eigenvalue weighted by atomic mass is 32.2. The monoisotopic (exact) mass is 557 g/mol. The minimum atomic E-state index is -0.939. The topological polar surface area (TPSA) is 101 Å². The number of aliphatic carboxylic acids is 1. The van der Waals surface area contributed by atoms with E-state index in [0.29, 0.717) is 32.4 Å². The van der Waals surface area contributed by atoms with Crippen LogP contribution in [0.2, 0.25) is 0 Å². The summed E-state index contributed by atoms with van der Waals surface area (Å²) in [5.74, 6) is -2.72. The van der Waals surface area contributed by atoms with Crippen molar-refractivity contribution in [3.8, 4) is 0 Å². The molecule has 4 rings (SSSR count). The summed E-state index contributed by atoms with van der Waals surface area (Å²) in [6.07, 6.45) is 5.48. The molecule has 214 valence electrons. The molecule has 6 atom stereocenters. The molecule has 9 heteroatoms. The summed E-state index contributed by atoms with van der Waals surface area (Å²) in [6, 6.07) is 7.20. The van der Waals surface area contributed by atoms with E-state index >= 15 is 0 Å². The molecular weight excluding hydrogens is 514 g/mol. The van der Waals surface area contributed by atoms with Crippen LogP contribution in [0, 0.1) is 17.8 Å². The van der Waals surface area contributed by atoms with Crippen molar-refractivity contribution in [3.63, 3.8) is 0 Å². The molecule has 1 spiro atoms. The number of carboxylic acid groups (broad SMARTS) is 1. The predicted molar refractivity (Wildman–Crippen MR) is 156 cm³/mol. The minimum Gasteiger partial charge on any atom is -0.481 e. The molecule has 2 amide bonds. The molecule has 3 aliphatic heterocycles. The van der Waals surface area contributed by atoms with Crippen molar-refractivity contribution in [2.24, 2.45) is 17.8 Å². The first kappa shape index (κ1) is 29.5. The number of thioether (sulfide) groups is 1. The molecule has 0 radical (unpaired) electrons. The Bertz CT molecular complexity index is 1060. The summed E-state index contributed by atoms with van der Waals surface area (Å²) in [7, 11) is 0. The predicted octanol–water partition coefficient (Wildman–Crippen LogP) is 4.03. The number of carbonyl (C=O) groups is 3. The molecule has 3 heterocycles. The van der Waals surface area contributed by atoms with Gasteiger partial charge in [0.05, 0.1) is 16.6 Å². The first-order valence-electron chi connectivity index (χ1n) is 14.4. The van der Waals surface area contributed by atoms with Crippen molar-refractivity contribution in [1.82, 2.24) is 4.90 Å². The van der Waals surface area contributed by atoms with Crippen LogP contribution in [0.4, 0.5) is 11.4 Å². The number of likely N-dealkylation sites (tertiary alicyclic amines) is 1. The highest BCUT2D eigenvalue weighted by Gasteiger charge is 2.76. The average molecular weight is 558 g/mol. The third-order valence-corrected chi connectivity index (χ3v) is 11.0. The van der Waals surface area contributed by atoms with Crippen LogP contribution in [0.1, 0.15) is 52.9 Å².